The Hall–Kier alpha value is -1.14. The second-order valence-electron chi connectivity index (χ2n) is 4.45. The Morgan fingerprint density at radius 3 is 2.37 bits per heavy atom. The SMILES string of the molecule is CNC(COC(C)C)c1cc(F)ccc1C(F)(F)F. The first-order valence-corrected chi connectivity index (χ1v) is 5.91. The van der Waals surface area contributed by atoms with Gasteiger partial charge in [0.1, 0.15) is 5.82 Å². The number of alkyl halides is 3. The van der Waals surface area contributed by atoms with Crippen molar-refractivity contribution in [3.8, 4) is 0 Å². The topological polar surface area (TPSA) is 21.3 Å². The molecule has 0 bridgehead atoms. The van der Waals surface area contributed by atoms with Gasteiger partial charge in [-0.15, -0.1) is 0 Å². The number of nitrogens with one attached hydrogen (secondary N) is 1. The number of hydrogen-bond acceptors (Lipinski definition) is 2. The van der Waals surface area contributed by atoms with Crippen molar-refractivity contribution < 1.29 is 22.3 Å². The second kappa shape index (κ2) is 6.34. The van der Waals surface area contributed by atoms with Gasteiger partial charge in [0, 0.05) is 0 Å². The summed E-state index contributed by atoms with van der Waals surface area (Å²) in [5, 5.41) is 2.72. The predicted molar refractivity (Wildman–Crippen MR) is 64.3 cm³/mol. The number of likely N-dealkylation sites (N-methyl/N-ethyl adjacent to an activating group) is 1. The number of rotatable bonds is 5. The van der Waals surface area contributed by atoms with Crippen LogP contribution < -0.4 is 5.32 Å². The third-order valence-corrected chi connectivity index (χ3v) is 2.64. The molecular weight excluding hydrogens is 262 g/mol. The van der Waals surface area contributed by atoms with Gasteiger partial charge in [-0.2, -0.15) is 13.2 Å². The van der Waals surface area contributed by atoms with Crippen LogP contribution in [0.25, 0.3) is 0 Å². The Morgan fingerprint density at radius 1 is 1.26 bits per heavy atom. The monoisotopic (exact) mass is 279 g/mol. The summed E-state index contributed by atoms with van der Waals surface area (Å²) in [4.78, 5) is 0. The molecular formula is C13H17F4NO. The van der Waals surface area contributed by atoms with E-state index in [1.807, 2.05) is 0 Å². The molecule has 1 atom stereocenters. The van der Waals surface area contributed by atoms with Crippen molar-refractivity contribution in [1.82, 2.24) is 5.32 Å². The Balaban J connectivity index is 3.10. The highest BCUT2D eigenvalue weighted by Gasteiger charge is 2.35. The highest BCUT2D eigenvalue weighted by molar-refractivity contribution is 5.33. The predicted octanol–water partition coefficient (Wildman–Crippen LogP) is 3.53. The zero-order valence-corrected chi connectivity index (χ0v) is 11.0. The molecule has 1 aromatic carbocycles. The molecule has 0 heterocycles. The number of ether oxygens (including phenoxy) is 1. The van der Waals surface area contributed by atoms with Crippen molar-refractivity contribution >= 4 is 0 Å². The van der Waals surface area contributed by atoms with Crippen molar-refractivity contribution in [2.45, 2.75) is 32.2 Å². The van der Waals surface area contributed by atoms with Gasteiger partial charge in [0.05, 0.1) is 24.3 Å². The molecule has 1 rings (SSSR count). The summed E-state index contributed by atoms with van der Waals surface area (Å²) in [5.41, 5.74) is -0.990. The molecule has 0 fully saturated rings. The van der Waals surface area contributed by atoms with Crippen LogP contribution in [0.4, 0.5) is 17.6 Å². The summed E-state index contributed by atoms with van der Waals surface area (Å²) in [6, 6.07) is 1.75. The average molecular weight is 279 g/mol. The Morgan fingerprint density at radius 2 is 1.89 bits per heavy atom. The van der Waals surface area contributed by atoms with Crippen molar-refractivity contribution in [3.63, 3.8) is 0 Å². The van der Waals surface area contributed by atoms with Crippen molar-refractivity contribution in [2.24, 2.45) is 0 Å². The summed E-state index contributed by atoms with van der Waals surface area (Å²) in [6.45, 7) is 3.60. The van der Waals surface area contributed by atoms with Crippen LogP contribution in [-0.2, 0) is 10.9 Å². The summed E-state index contributed by atoms with van der Waals surface area (Å²) in [5.74, 6) is -0.701. The lowest BCUT2D eigenvalue weighted by Crippen LogP contribution is -2.26. The summed E-state index contributed by atoms with van der Waals surface area (Å²) in [6.07, 6.45) is -4.63. The van der Waals surface area contributed by atoms with Gasteiger partial charge in [0.25, 0.3) is 0 Å². The van der Waals surface area contributed by atoms with Crippen molar-refractivity contribution in [1.29, 1.82) is 0 Å². The van der Waals surface area contributed by atoms with Crippen LogP contribution in [0.2, 0.25) is 0 Å². The molecule has 1 N–H and O–H groups in total. The highest BCUT2D eigenvalue weighted by Crippen LogP contribution is 2.35. The molecule has 19 heavy (non-hydrogen) atoms. The van der Waals surface area contributed by atoms with Gasteiger partial charge >= 0.3 is 6.18 Å². The molecule has 0 saturated heterocycles. The molecule has 0 aliphatic heterocycles. The van der Waals surface area contributed by atoms with Crippen LogP contribution in [0.5, 0.6) is 0 Å². The van der Waals surface area contributed by atoms with Crippen LogP contribution >= 0.6 is 0 Å². The van der Waals surface area contributed by atoms with Gasteiger partial charge in [-0.1, -0.05) is 0 Å². The van der Waals surface area contributed by atoms with E-state index in [-0.39, 0.29) is 18.3 Å². The first kappa shape index (κ1) is 15.9. The normalized spacial score (nSPS) is 13.9. The maximum atomic E-state index is 13.2. The van der Waals surface area contributed by atoms with Crippen LogP contribution in [0.15, 0.2) is 18.2 Å². The van der Waals surface area contributed by atoms with Crippen molar-refractivity contribution in [3.05, 3.63) is 35.1 Å². The minimum Gasteiger partial charge on any atom is -0.377 e. The Kier molecular flexibility index (Phi) is 5.31. The minimum atomic E-state index is -4.52. The first-order chi connectivity index (χ1) is 8.75. The molecule has 108 valence electrons. The second-order valence-corrected chi connectivity index (χ2v) is 4.45. The third-order valence-electron chi connectivity index (χ3n) is 2.64. The molecule has 0 saturated carbocycles. The van der Waals surface area contributed by atoms with E-state index in [2.05, 4.69) is 5.32 Å². The zero-order valence-electron chi connectivity index (χ0n) is 11.0. The lowest BCUT2D eigenvalue weighted by Gasteiger charge is -2.22. The Labute approximate surface area is 109 Å². The maximum absolute atomic E-state index is 13.2. The fourth-order valence-electron chi connectivity index (χ4n) is 1.70. The fraction of sp³-hybridized carbons (Fsp3) is 0.538. The quantitative estimate of drug-likeness (QED) is 0.833. The highest BCUT2D eigenvalue weighted by atomic mass is 19.4. The molecule has 2 nitrogen and oxygen atoms in total. The number of benzene rings is 1. The lowest BCUT2D eigenvalue weighted by atomic mass is 10.00. The zero-order chi connectivity index (χ0) is 14.6. The van der Waals surface area contributed by atoms with E-state index in [4.69, 9.17) is 4.74 Å². The molecule has 6 heteroatoms. The molecule has 0 aliphatic rings. The van der Waals surface area contributed by atoms with E-state index in [0.29, 0.717) is 0 Å². The van der Waals surface area contributed by atoms with Crippen LogP contribution in [0, 0.1) is 5.82 Å². The number of hydrogen-bond donors (Lipinski definition) is 1. The summed E-state index contributed by atoms with van der Waals surface area (Å²) < 4.78 is 57.2. The summed E-state index contributed by atoms with van der Waals surface area (Å²) >= 11 is 0. The fourth-order valence-corrected chi connectivity index (χ4v) is 1.70. The summed E-state index contributed by atoms with van der Waals surface area (Å²) in [7, 11) is 1.51. The van der Waals surface area contributed by atoms with Gasteiger partial charge in [-0.3, -0.25) is 0 Å². The average Bonchev–Trinajstić information content (AvgIpc) is 2.27. The molecule has 0 spiro atoms. The first-order valence-electron chi connectivity index (χ1n) is 5.91. The molecule has 0 amide bonds. The van der Waals surface area contributed by atoms with E-state index in [1.165, 1.54) is 7.05 Å². The van der Waals surface area contributed by atoms with E-state index in [1.54, 1.807) is 13.8 Å². The Bertz CT molecular complexity index is 418. The maximum Gasteiger partial charge on any atom is 0.416 e. The minimum absolute atomic E-state index is 0.0424. The molecule has 0 aliphatic carbocycles. The van der Waals surface area contributed by atoms with Gasteiger partial charge in [0.2, 0.25) is 0 Å². The van der Waals surface area contributed by atoms with Gasteiger partial charge < -0.3 is 10.1 Å². The van der Waals surface area contributed by atoms with E-state index >= 15 is 0 Å². The molecule has 0 aromatic heterocycles. The third kappa shape index (κ3) is 4.47. The standard InChI is InChI=1S/C13H17F4NO/c1-8(2)19-7-12(18-3)10-6-9(14)4-5-11(10)13(15,16)17/h4-6,8,12,18H,7H2,1-3H3. The molecule has 1 unspecified atom stereocenters. The van der Waals surface area contributed by atoms with E-state index in [9.17, 15) is 17.6 Å². The molecule has 1 aromatic rings. The van der Waals surface area contributed by atoms with Crippen LogP contribution in [0.1, 0.15) is 31.0 Å². The largest absolute Gasteiger partial charge is 0.416 e. The lowest BCUT2D eigenvalue weighted by molar-refractivity contribution is -0.138. The smallest absolute Gasteiger partial charge is 0.377 e. The van der Waals surface area contributed by atoms with Gasteiger partial charge in [0.15, 0.2) is 0 Å². The van der Waals surface area contributed by atoms with E-state index < -0.39 is 23.6 Å². The van der Waals surface area contributed by atoms with Crippen LogP contribution in [-0.4, -0.2) is 19.8 Å². The van der Waals surface area contributed by atoms with Gasteiger partial charge in [-0.05, 0) is 44.7 Å². The van der Waals surface area contributed by atoms with Crippen molar-refractivity contribution in [2.75, 3.05) is 13.7 Å². The van der Waals surface area contributed by atoms with E-state index in [0.717, 1.165) is 18.2 Å². The number of halogens is 4. The molecule has 0 radical (unpaired) electrons. The van der Waals surface area contributed by atoms with Gasteiger partial charge in [-0.25, -0.2) is 4.39 Å². The van der Waals surface area contributed by atoms with Crippen LogP contribution in [0.3, 0.4) is 0 Å².